The van der Waals surface area contributed by atoms with E-state index in [4.69, 9.17) is 0 Å². The zero-order valence-corrected chi connectivity index (χ0v) is 8.47. The molecule has 5 heteroatoms. The summed E-state index contributed by atoms with van der Waals surface area (Å²) < 4.78 is 23.6. The summed E-state index contributed by atoms with van der Waals surface area (Å²) >= 11 is 0. The van der Waals surface area contributed by atoms with Crippen LogP contribution >= 0.6 is 0 Å². The van der Waals surface area contributed by atoms with Crippen LogP contribution in [0, 0.1) is 0 Å². The van der Waals surface area contributed by atoms with Crippen LogP contribution in [0.1, 0.15) is 19.3 Å². The van der Waals surface area contributed by atoms with Crippen LogP contribution in [0.2, 0.25) is 0 Å². The van der Waals surface area contributed by atoms with E-state index >= 15 is 0 Å². The lowest BCUT2D eigenvalue weighted by Crippen LogP contribution is -2.45. The lowest BCUT2D eigenvalue weighted by Gasteiger charge is -2.32. The van der Waals surface area contributed by atoms with Gasteiger partial charge in [0.15, 0.2) is 0 Å². The molecule has 0 aromatic heterocycles. The van der Waals surface area contributed by atoms with E-state index in [0.29, 0.717) is 0 Å². The van der Waals surface area contributed by atoms with Gasteiger partial charge in [0, 0.05) is 20.1 Å². The molecule has 12 heavy (non-hydrogen) atoms. The normalized spacial score (nSPS) is 21.6. The van der Waals surface area contributed by atoms with E-state index in [9.17, 15) is 8.42 Å². The van der Waals surface area contributed by atoms with E-state index < -0.39 is 10.0 Å². The van der Waals surface area contributed by atoms with Crippen LogP contribution in [0.15, 0.2) is 0 Å². The third-order valence-corrected chi connectivity index (χ3v) is 3.40. The highest BCUT2D eigenvalue weighted by Crippen LogP contribution is 2.11. The number of piperidine rings is 1. The minimum absolute atomic E-state index is 0.865. The summed E-state index contributed by atoms with van der Waals surface area (Å²) in [6, 6.07) is 0. The van der Waals surface area contributed by atoms with Crippen LogP contribution in [0.5, 0.6) is 0 Å². The molecule has 0 spiro atoms. The molecule has 0 unspecified atom stereocenters. The predicted octanol–water partition coefficient (Wildman–Crippen LogP) is 0.279. The van der Waals surface area contributed by atoms with Crippen molar-refractivity contribution in [2.45, 2.75) is 19.3 Å². The Balaban J connectivity index is 2.57. The van der Waals surface area contributed by atoms with Crippen LogP contribution in [0.25, 0.3) is 0 Å². The van der Waals surface area contributed by atoms with Crippen molar-refractivity contribution in [3.05, 3.63) is 0 Å². The van der Waals surface area contributed by atoms with Gasteiger partial charge >= 0.3 is 0 Å². The number of sulfonamides is 1. The molecule has 1 aliphatic heterocycles. The van der Waals surface area contributed by atoms with E-state index in [0.717, 1.165) is 25.9 Å². The molecular weight excluding hydrogens is 176 g/mol. The second-order valence-corrected chi connectivity index (χ2v) is 5.21. The van der Waals surface area contributed by atoms with Crippen molar-refractivity contribution >= 4 is 10.0 Å². The third kappa shape index (κ3) is 2.43. The molecule has 0 radical (unpaired) electrons. The first-order valence-corrected chi connectivity index (χ1v) is 6.05. The Labute approximate surface area is 74.2 Å². The van der Waals surface area contributed by atoms with Gasteiger partial charge in [0.25, 0.3) is 0 Å². The fourth-order valence-electron chi connectivity index (χ4n) is 1.37. The minimum atomic E-state index is -3.04. The molecule has 0 aromatic carbocycles. The van der Waals surface area contributed by atoms with Gasteiger partial charge in [0.2, 0.25) is 10.0 Å². The first-order chi connectivity index (χ1) is 5.52. The number of rotatable bonds is 2. The molecule has 1 rings (SSSR count). The van der Waals surface area contributed by atoms with E-state index in [1.54, 1.807) is 7.05 Å². The second kappa shape index (κ2) is 3.72. The summed E-state index contributed by atoms with van der Waals surface area (Å²) in [6.07, 6.45) is 4.65. The Kier molecular flexibility index (Phi) is 3.09. The fourth-order valence-corrected chi connectivity index (χ4v) is 1.95. The Morgan fingerprint density at radius 2 is 1.67 bits per heavy atom. The average Bonchev–Trinajstić information content (AvgIpc) is 2.03. The lowest BCUT2D eigenvalue weighted by atomic mass is 10.2. The molecule has 0 aromatic rings. The zero-order valence-electron chi connectivity index (χ0n) is 7.65. The summed E-state index contributed by atoms with van der Waals surface area (Å²) in [5, 5.41) is 1.89. The predicted molar refractivity (Wildman–Crippen MR) is 48.0 cm³/mol. The van der Waals surface area contributed by atoms with Crippen molar-refractivity contribution in [2.24, 2.45) is 0 Å². The summed E-state index contributed by atoms with van der Waals surface area (Å²) in [5.41, 5.74) is 0. The summed E-state index contributed by atoms with van der Waals surface area (Å²) in [7, 11) is -1.43. The molecule has 0 aliphatic carbocycles. The van der Waals surface area contributed by atoms with Gasteiger partial charge in [0.1, 0.15) is 0 Å². The zero-order chi connectivity index (χ0) is 9.19. The van der Waals surface area contributed by atoms with Crippen LogP contribution in [0.3, 0.4) is 0 Å². The third-order valence-electron chi connectivity index (χ3n) is 2.21. The fraction of sp³-hybridized carbons (Fsp3) is 1.00. The van der Waals surface area contributed by atoms with Gasteiger partial charge in [-0.25, -0.2) is 13.4 Å². The molecule has 0 bridgehead atoms. The van der Waals surface area contributed by atoms with Gasteiger partial charge in [-0.2, -0.15) is 0 Å². The van der Waals surface area contributed by atoms with Gasteiger partial charge < -0.3 is 0 Å². The van der Waals surface area contributed by atoms with E-state index in [-0.39, 0.29) is 0 Å². The lowest BCUT2D eigenvalue weighted by molar-refractivity contribution is 0.0617. The number of hydrogen-bond donors (Lipinski definition) is 0. The number of hydrazine groups is 1. The molecule has 0 saturated carbocycles. The van der Waals surface area contributed by atoms with Crippen LogP contribution in [-0.2, 0) is 10.0 Å². The monoisotopic (exact) mass is 192 g/mol. The van der Waals surface area contributed by atoms with Crippen molar-refractivity contribution in [2.75, 3.05) is 26.4 Å². The summed E-state index contributed by atoms with van der Waals surface area (Å²) in [6.45, 7) is 1.73. The highest BCUT2D eigenvalue weighted by Gasteiger charge is 2.20. The van der Waals surface area contributed by atoms with Gasteiger partial charge in [-0.15, -0.1) is 4.41 Å². The highest BCUT2D eigenvalue weighted by molar-refractivity contribution is 7.88. The Morgan fingerprint density at radius 1 is 1.17 bits per heavy atom. The Morgan fingerprint density at radius 3 is 2.08 bits per heavy atom. The van der Waals surface area contributed by atoms with Gasteiger partial charge in [0.05, 0.1) is 6.26 Å². The maximum atomic E-state index is 11.1. The summed E-state index contributed by atoms with van der Waals surface area (Å²) in [5.74, 6) is 0. The van der Waals surface area contributed by atoms with E-state index in [2.05, 4.69) is 0 Å². The van der Waals surface area contributed by atoms with Gasteiger partial charge in [-0.3, -0.25) is 0 Å². The van der Waals surface area contributed by atoms with Crippen LogP contribution in [-0.4, -0.2) is 44.2 Å². The molecule has 1 heterocycles. The molecule has 1 fully saturated rings. The number of hydrogen-bond acceptors (Lipinski definition) is 3. The smallest absolute Gasteiger partial charge is 0.223 e. The van der Waals surface area contributed by atoms with Crippen molar-refractivity contribution in [3.63, 3.8) is 0 Å². The molecule has 1 aliphatic rings. The second-order valence-electron chi connectivity index (χ2n) is 3.21. The Bertz CT molecular complexity index is 232. The molecule has 0 amide bonds. The van der Waals surface area contributed by atoms with Crippen LogP contribution in [0.4, 0.5) is 0 Å². The number of nitrogens with zero attached hydrogens (tertiary/aromatic N) is 2. The molecule has 4 nitrogen and oxygen atoms in total. The first kappa shape index (κ1) is 9.95. The van der Waals surface area contributed by atoms with E-state index in [1.807, 2.05) is 5.01 Å². The maximum Gasteiger partial charge on any atom is 0.223 e. The molecule has 1 saturated heterocycles. The quantitative estimate of drug-likeness (QED) is 0.631. The molecule has 72 valence electrons. The standard InChI is InChI=1S/C7H16N2O2S/c1-8(12(2,10)11)9-6-4-3-5-7-9/h3-7H2,1-2H3. The molecule has 0 atom stereocenters. The van der Waals surface area contributed by atoms with Gasteiger partial charge in [-0.05, 0) is 12.8 Å². The largest absolute Gasteiger partial charge is 0.228 e. The topological polar surface area (TPSA) is 40.6 Å². The Hall–Kier alpha value is -0.130. The van der Waals surface area contributed by atoms with Crippen molar-refractivity contribution in [3.8, 4) is 0 Å². The van der Waals surface area contributed by atoms with E-state index in [1.165, 1.54) is 17.1 Å². The minimum Gasteiger partial charge on any atom is -0.228 e. The van der Waals surface area contributed by atoms with Crippen molar-refractivity contribution < 1.29 is 8.42 Å². The van der Waals surface area contributed by atoms with Gasteiger partial charge in [-0.1, -0.05) is 6.42 Å². The van der Waals surface area contributed by atoms with Crippen LogP contribution < -0.4 is 0 Å². The molecular formula is C7H16N2O2S. The highest BCUT2D eigenvalue weighted by atomic mass is 32.2. The van der Waals surface area contributed by atoms with Crippen molar-refractivity contribution in [1.82, 2.24) is 9.42 Å². The first-order valence-electron chi connectivity index (χ1n) is 4.20. The van der Waals surface area contributed by atoms with Crippen molar-refractivity contribution in [1.29, 1.82) is 0 Å². The summed E-state index contributed by atoms with van der Waals surface area (Å²) in [4.78, 5) is 0. The maximum absolute atomic E-state index is 11.1. The molecule has 0 N–H and O–H groups in total. The SMILES string of the molecule is CN(N1CCCCC1)S(C)(=O)=O. The average molecular weight is 192 g/mol.